The van der Waals surface area contributed by atoms with Crippen LogP contribution >= 0.6 is 11.3 Å². The van der Waals surface area contributed by atoms with Crippen LogP contribution in [0.25, 0.3) is 0 Å². The smallest absolute Gasteiger partial charge is 0.230 e. The standard InChI is InChI=1S/C14H12N6OS/c21-9-14(17-11-5-2-1-3-6-11)12(7-4-8-15-14)18-20-13-19-16-10-22-13/h1-10,17H,(H,19,20). The van der Waals surface area contributed by atoms with Crippen LogP contribution < -0.4 is 10.7 Å². The van der Waals surface area contributed by atoms with Crippen molar-refractivity contribution in [3.63, 3.8) is 0 Å². The molecule has 0 amide bonds. The molecule has 1 atom stereocenters. The van der Waals surface area contributed by atoms with Gasteiger partial charge in [-0.3, -0.25) is 15.2 Å². The number of aldehydes is 1. The number of hydrazone groups is 1. The molecular weight excluding hydrogens is 300 g/mol. The van der Waals surface area contributed by atoms with E-state index in [1.54, 1.807) is 23.9 Å². The van der Waals surface area contributed by atoms with Crippen molar-refractivity contribution in [2.24, 2.45) is 10.1 Å². The van der Waals surface area contributed by atoms with Crippen LogP contribution in [0, 0.1) is 0 Å². The van der Waals surface area contributed by atoms with Gasteiger partial charge < -0.3 is 5.32 Å². The monoisotopic (exact) mass is 312 g/mol. The molecule has 110 valence electrons. The summed E-state index contributed by atoms with van der Waals surface area (Å²) in [5, 5.41) is 15.4. The van der Waals surface area contributed by atoms with Crippen LogP contribution in [-0.2, 0) is 4.79 Å². The second-order valence-electron chi connectivity index (χ2n) is 4.37. The molecule has 0 saturated carbocycles. The first-order valence-electron chi connectivity index (χ1n) is 6.44. The molecule has 2 aromatic rings. The normalized spacial score (nSPS) is 21.7. The van der Waals surface area contributed by atoms with E-state index in [1.807, 2.05) is 30.3 Å². The molecule has 1 aromatic heterocycles. The lowest BCUT2D eigenvalue weighted by atomic mass is 10.0. The van der Waals surface area contributed by atoms with Crippen molar-refractivity contribution in [2.75, 3.05) is 10.7 Å². The van der Waals surface area contributed by atoms with Crippen molar-refractivity contribution in [1.82, 2.24) is 10.2 Å². The minimum Gasteiger partial charge on any atom is -0.350 e. The van der Waals surface area contributed by atoms with Crippen LogP contribution in [0.15, 0.2) is 58.1 Å². The fraction of sp³-hybridized carbons (Fsp3) is 0.0714. The summed E-state index contributed by atoms with van der Waals surface area (Å²) in [5.74, 6) is 0. The summed E-state index contributed by atoms with van der Waals surface area (Å²) in [4.78, 5) is 16.0. The number of anilines is 2. The fourth-order valence-corrected chi connectivity index (χ4v) is 2.29. The minimum absolute atomic E-state index is 0.434. The number of nitrogens with zero attached hydrogens (tertiary/aromatic N) is 4. The quantitative estimate of drug-likeness (QED) is 0.650. The lowest BCUT2D eigenvalue weighted by Crippen LogP contribution is -2.47. The minimum atomic E-state index is -1.27. The molecule has 0 spiro atoms. The first kappa shape index (κ1) is 14.1. The van der Waals surface area contributed by atoms with Gasteiger partial charge in [-0.1, -0.05) is 29.5 Å². The Hall–Kier alpha value is -2.87. The summed E-state index contributed by atoms with van der Waals surface area (Å²) >= 11 is 1.31. The van der Waals surface area contributed by atoms with Crippen molar-refractivity contribution in [3.8, 4) is 0 Å². The number of allylic oxidation sites excluding steroid dienone is 1. The Kier molecular flexibility index (Phi) is 4.01. The summed E-state index contributed by atoms with van der Waals surface area (Å²) in [7, 11) is 0. The van der Waals surface area contributed by atoms with Gasteiger partial charge in [0, 0.05) is 11.9 Å². The Morgan fingerprint density at radius 3 is 2.86 bits per heavy atom. The molecule has 3 rings (SSSR count). The van der Waals surface area contributed by atoms with Crippen LogP contribution in [0.1, 0.15) is 0 Å². The number of aromatic nitrogens is 2. The van der Waals surface area contributed by atoms with E-state index < -0.39 is 5.66 Å². The fourth-order valence-electron chi connectivity index (χ4n) is 1.90. The molecule has 1 unspecified atom stereocenters. The number of hydrogen-bond donors (Lipinski definition) is 2. The van der Waals surface area contributed by atoms with Gasteiger partial charge >= 0.3 is 0 Å². The Morgan fingerprint density at radius 1 is 1.27 bits per heavy atom. The van der Waals surface area contributed by atoms with E-state index >= 15 is 0 Å². The molecule has 8 heteroatoms. The Labute approximate surface area is 130 Å². The summed E-state index contributed by atoms with van der Waals surface area (Å²) in [5.41, 5.74) is 4.30. The topological polar surface area (TPSA) is 91.6 Å². The zero-order chi connectivity index (χ0) is 15.3. The van der Waals surface area contributed by atoms with Crippen molar-refractivity contribution in [1.29, 1.82) is 0 Å². The van der Waals surface area contributed by atoms with Gasteiger partial charge in [0.2, 0.25) is 10.8 Å². The van der Waals surface area contributed by atoms with E-state index in [2.05, 4.69) is 31.0 Å². The van der Waals surface area contributed by atoms with E-state index in [0.29, 0.717) is 10.8 Å². The van der Waals surface area contributed by atoms with Crippen molar-refractivity contribution < 1.29 is 4.79 Å². The zero-order valence-electron chi connectivity index (χ0n) is 11.4. The van der Waals surface area contributed by atoms with Crippen LogP contribution in [-0.4, -0.2) is 34.1 Å². The highest BCUT2D eigenvalue weighted by Gasteiger charge is 2.35. The number of dihydropyridines is 1. The molecule has 22 heavy (non-hydrogen) atoms. The number of aliphatic imine (C=N–C) groups is 1. The maximum Gasteiger partial charge on any atom is 0.230 e. The molecule has 1 aliphatic rings. The van der Waals surface area contributed by atoms with E-state index in [4.69, 9.17) is 0 Å². The number of para-hydroxylation sites is 1. The predicted molar refractivity (Wildman–Crippen MR) is 87.5 cm³/mol. The van der Waals surface area contributed by atoms with Gasteiger partial charge in [0.25, 0.3) is 0 Å². The van der Waals surface area contributed by atoms with E-state index in [-0.39, 0.29) is 0 Å². The second kappa shape index (κ2) is 6.27. The third-order valence-corrected chi connectivity index (χ3v) is 3.52. The predicted octanol–water partition coefficient (Wildman–Crippen LogP) is 1.95. The molecule has 0 saturated heterocycles. The van der Waals surface area contributed by atoms with E-state index in [9.17, 15) is 4.79 Å². The Morgan fingerprint density at radius 2 is 2.14 bits per heavy atom. The van der Waals surface area contributed by atoms with Crippen LogP contribution in [0.5, 0.6) is 0 Å². The van der Waals surface area contributed by atoms with Crippen LogP contribution in [0.4, 0.5) is 10.8 Å². The van der Waals surface area contributed by atoms with E-state index in [0.717, 1.165) is 12.0 Å². The van der Waals surface area contributed by atoms with Crippen LogP contribution in [0.3, 0.4) is 0 Å². The average molecular weight is 312 g/mol. The molecule has 1 aliphatic heterocycles. The largest absolute Gasteiger partial charge is 0.350 e. The van der Waals surface area contributed by atoms with E-state index in [1.165, 1.54) is 11.3 Å². The summed E-state index contributed by atoms with van der Waals surface area (Å²) in [6.45, 7) is 0. The Bertz CT molecular complexity index is 725. The number of hydrogen-bond acceptors (Lipinski definition) is 8. The van der Waals surface area contributed by atoms with Crippen LogP contribution in [0.2, 0.25) is 0 Å². The lowest BCUT2D eigenvalue weighted by molar-refractivity contribution is -0.109. The molecule has 2 N–H and O–H groups in total. The van der Waals surface area contributed by atoms with Gasteiger partial charge in [-0.25, -0.2) is 0 Å². The number of nitrogens with one attached hydrogen (secondary N) is 2. The van der Waals surface area contributed by atoms with Crippen molar-refractivity contribution in [2.45, 2.75) is 5.66 Å². The first-order chi connectivity index (χ1) is 10.8. The zero-order valence-corrected chi connectivity index (χ0v) is 12.2. The highest BCUT2D eigenvalue weighted by Crippen LogP contribution is 2.20. The Balaban J connectivity index is 1.89. The molecule has 0 fully saturated rings. The molecular formula is C14H12N6OS. The number of benzene rings is 1. The van der Waals surface area contributed by atoms with Gasteiger partial charge in [0.05, 0.1) is 0 Å². The molecule has 0 bridgehead atoms. The third-order valence-electron chi connectivity index (χ3n) is 2.92. The van der Waals surface area contributed by atoms with Crippen molar-refractivity contribution >= 4 is 40.4 Å². The maximum atomic E-state index is 11.7. The molecule has 7 nitrogen and oxygen atoms in total. The molecule has 2 heterocycles. The summed E-state index contributed by atoms with van der Waals surface area (Å²) < 4.78 is 0. The molecule has 1 aromatic carbocycles. The molecule has 0 radical (unpaired) electrons. The third kappa shape index (κ3) is 2.91. The second-order valence-corrected chi connectivity index (χ2v) is 5.20. The SMILES string of the molecule is O=CC1(Nc2ccccc2)N=CC=CC1=NNc1nncs1. The van der Waals surface area contributed by atoms with Gasteiger partial charge in [0.1, 0.15) is 11.2 Å². The van der Waals surface area contributed by atoms with Gasteiger partial charge in [0.15, 0.2) is 6.29 Å². The molecule has 0 aliphatic carbocycles. The average Bonchev–Trinajstić information content (AvgIpc) is 3.08. The summed E-state index contributed by atoms with van der Waals surface area (Å²) in [6.07, 6.45) is 5.72. The number of rotatable bonds is 5. The summed E-state index contributed by atoms with van der Waals surface area (Å²) in [6, 6.07) is 9.36. The maximum absolute atomic E-state index is 11.7. The highest BCUT2D eigenvalue weighted by molar-refractivity contribution is 7.13. The number of carbonyl (C=O) groups is 1. The van der Waals surface area contributed by atoms with Gasteiger partial charge in [-0.15, -0.1) is 10.2 Å². The van der Waals surface area contributed by atoms with Gasteiger partial charge in [-0.2, -0.15) is 5.10 Å². The first-order valence-corrected chi connectivity index (χ1v) is 7.32. The lowest BCUT2D eigenvalue weighted by Gasteiger charge is -2.27. The number of carbonyl (C=O) groups excluding carboxylic acids is 1. The van der Waals surface area contributed by atoms with Gasteiger partial charge in [-0.05, 0) is 24.3 Å². The van der Waals surface area contributed by atoms with Crippen molar-refractivity contribution in [3.05, 3.63) is 48.0 Å². The highest BCUT2D eigenvalue weighted by atomic mass is 32.1.